The lowest BCUT2D eigenvalue weighted by atomic mass is 9.88. The summed E-state index contributed by atoms with van der Waals surface area (Å²) in [5, 5.41) is 7.33. The van der Waals surface area contributed by atoms with Crippen LogP contribution in [0.25, 0.3) is 0 Å². The van der Waals surface area contributed by atoms with Crippen molar-refractivity contribution in [2.45, 2.75) is 115 Å². The van der Waals surface area contributed by atoms with E-state index < -0.39 is 62.2 Å². The summed E-state index contributed by atoms with van der Waals surface area (Å²) < 4.78 is 28.9. The fourth-order valence-electron chi connectivity index (χ4n) is 6.92. The Morgan fingerprint density at radius 3 is 2.20 bits per heavy atom. The molecule has 336 valence electrons. The Morgan fingerprint density at radius 1 is 0.918 bits per heavy atom. The zero-order valence-electron chi connectivity index (χ0n) is 38.0. The molecule has 7 atom stereocenters. The Bertz CT molecular complexity index is 1790. The Balaban J connectivity index is 2.00. The number of hydrogen-bond donors (Lipinski definition) is 3. The summed E-state index contributed by atoms with van der Waals surface area (Å²) in [7, 11) is 2.49. The average molecular weight is 863 g/mol. The topological polar surface area (TPSA) is 154 Å². The van der Waals surface area contributed by atoms with Crippen molar-refractivity contribution < 1.29 is 42.6 Å². The molecule has 14 heteroatoms. The number of carbonyl (C=O) groups is 4. The van der Waals surface area contributed by atoms with Gasteiger partial charge in [0, 0.05) is 39.5 Å². The number of esters is 1. The second kappa shape index (κ2) is 24.0. The Kier molecular flexibility index (Phi) is 19.9. The average Bonchev–Trinajstić information content (AvgIpc) is 3.23. The number of ether oxygens (including phenoxy) is 4. The normalized spacial score (nSPS) is 17.5. The quantitative estimate of drug-likeness (QED) is 0.0372. The third-order valence-electron chi connectivity index (χ3n) is 11.6. The summed E-state index contributed by atoms with van der Waals surface area (Å²) in [6.07, 6.45) is 7.73. The van der Waals surface area contributed by atoms with Crippen LogP contribution in [0.1, 0.15) is 65.0 Å². The summed E-state index contributed by atoms with van der Waals surface area (Å²) in [5.41, 5.74) is 4.57. The van der Waals surface area contributed by atoms with Gasteiger partial charge in [0.1, 0.15) is 29.6 Å². The van der Waals surface area contributed by atoms with Crippen molar-refractivity contribution in [2.24, 2.45) is 11.8 Å². The van der Waals surface area contributed by atoms with E-state index >= 15 is 0 Å². The first-order chi connectivity index (χ1) is 28.9. The summed E-state index contributed by atoms with van der Waals surface area (Å²) in [5.74, 6) is -1.53. The second-order valence-electron chi connectivity index (χ2n) is 17.1. The van der Waals surface area contributed by atoms with Gasteiger partial charge in [0.2, 0.25) is 20.1 Å². The molecule has 1 aliphatic heterocycles. The molecule has 2 aromatic carbocycles. The van der Waals surface area contributed by atoms with E-state index in [2.05, 4.69) is 63.1 Å². The van der Waals surface area contributed by atoms with Gasteiger partial charge in [-0.2, -0.15) is 0 Å². The molecule has 61 heavy (non-hydrogen) atoms. The Hall–Kier alpha value is -4.76. The highest BCUT2D eigenvalue weighted by Gasteiger charge is 2.40. The molecule has 0 spiro atoms. The van der Waals surface area contributed by atoms with Crippen LogP contribution >= 0.6 is 0 Å². The standard InChI is InChI=1S/C47H70N4O9Si/c1-13-15-22-41(57-9)32(3)42(58-10)33(4)43(52)48-39(30-34-23-25-36(56-8)26-24-34)44(53)49-40(31-35-19-17-20-37(29-35)60-61(11,12)47(5,6)7)45(54)51-27-18-21-38(50-51)46(55)59-28-16-14-2/h13-15,17,19-20,22-26,29,32-33,38-42,50H,1-2,16,18,21,27-28,30-31H2,3-12H3,(H,48,52)(H,49,53)/b22-15-/t32-,33+,38-,39-,40-,41-,42+/m0/s1. The van der Waals surface area contributed by atoms with Gasteiger partial charge in [-0.15, -0.1) is 6.58 Å². The van der Waals surface area contributed by atoms with Gasteiger partial charge in [0.05, 0.1) is 31.8 Å². The van der Waals surface area contributed by atoms with Gasteiger partial charge >= 0.3 is 5.97 Å². The number of nitrogens with zero attached hydrogens (tertiary/aromatic N) is 1. The molecule has 1 heterocycles. The number of nitrogens with one attached hydrogen (secondary N) is 3. The van der Waals surface area contributed by atoms with E-state index in [0.717, 1.165) is 11.1 Å². The lowest BCUT2D eigenvalue weighted by molar-refractivity contribution is -0.153. The van der Waals surface area contributed by atoms with E-state index in [4.69, 9.17) is 23.4 Å². The second-order valence-corrected chi connectivity index (χ2v) is 21.8. The SMILES string of the molecule is C=C/C=C\[C@H](OC)[C@H](C)[C@@H](OC)[C@@H](C)C(=O)N[C@@H](Cc1ccc(OC)cc1)C(=O)N[C@@H](Cc1cccc(O[Si](C)(C)C(C)(C)C)c1)C(=O)N1CCC[C@@H](C(=O)OCCC=C)N1. The number of rotatable bonds is 23. The molecule has 0 aromatic heterocycles. The molecule has 1 aliphatic rings. The van der Waals surface area contributed by atoms with Crippen molar-refractivity contribution in [3.05, 3.63) is 97.1 Å². The van der Waals surface area contributed by atoms with Crippen LogP contribution in [0.15, 0.2) is 86.0 Å². The smallest absolute Gasteiger partial charge is 0.324 e. The van der Waals surface area contributed by atoms with Crippen LogP contribution < -0.4 is 25.2 Å². The highest BCUT2D eigenvalue weighted by molar-refractivity contribution is 6.74. The molecule has 13 nitrogen and oxygen atoms in total. The molecule has 0 radical (unpaired) electrons. The number of methoxy groups -OCH3 is 3. The Labute approximate surface area is 364 Å². The minimum atomic E-state index is -2.21. The molecule has 0 aliphatic carbocycles. The van der Waals surface area contributed by atoms with Crippen molar-refractivity contribution in [1.29, 1.82) is 0 Å². The van der Waals surface area contributed by atoms with Crippen molar-refractivity contribution >= 4 is 32.0 Å². The van der Waals surface area contributed by atoms with Crippen molar-refractivity contribution in [2.75, 3.05) is 34.5 Å². The molecule has 1 fully saturated rings. The molecule has 3 amide bonds. The zero-order valence-corrected chi connectivity index (χ0v) is 39.0. The maximum Gasteiger partial charge on any atom is 0.324 e. The van der Waals surface area contributed by atoms with Crippen LogP contribution in [0.3, 0.4) is 0 Å². The van der Waals surface area contributed by atoms with Gasteiger partial charge in [-0.25, -0.2) is 5.43 Å². The monoisotopic (exact) mass is 862 g/mol. The van der Waals surface area contributed by atoms with Crippen LogP contribution in [0.4, 0.5) is 0 Å². The lowest BCUT2D eigenvalue weighted by Crippen LogP contribution is -2.62. The third kappa shape index (κ3) is 15.0. The largest absolute Gasteiger partial charge is 0.543 e. The van der Waals surface area contributed by atoms with Gasteiger partial charge < -0.3 is 34.0 Å². The third-order valence-corrected chi connectivity index (χ3v) is 15.9. The number of benzene rings is 2. The number of allylic oxidation sites excluding steroid dienone is 2. The van der Waals surface area contributed by atoms with Gasteiger partial charge in [-0.3, -0.25) is 24.2 Å². The number of hydrogen-bond acceptors (Lipinski definition) is 10. The highest BCUT2D eigenvalue weighted by atomic mass is 28.4. The minimum absolute atomic E-state index is 0.0467. The fraction of sp³-hybridized carbons (Fsp3) is 0.532. The van der Waals surface area contributed by atoms with E-state index in [0.29, 0.717) is 37.3 Å². The van der Waals surface area contributed by atoms with Gasteiger partial charge in [-0.1, -0.05) is 89.8 Å². The molecule has 0 unspecified atom stereocenters. The van der Waals surface area contributed by atoms with E-state index in [1.807, 2.05) is 49.4 Å². The van der Waals surface area contributed by atoms with E-state index in [9.17, 15) is 19.2 Å². The fourth-order valence-corrected chi connectivity index (χ4v) is 7.94. The number of amides is 3. The molecular formula is C47H70N4O9Si. The Morgan fingerprint density at radius 2 is 1.59 bits per heavy atom. The van der Waals surface area contributed by atoms with Gasteiger partial charge in [0.25, 0.3) is 5.91 Å². The predicted octanol–water partition coefficient (Wildman–Crippen LogP) is 6.49. The lowest BCUT2D eigenvalue weighted by Gasteiger charge is -2.36. The zero-order chi connectivity index (χ0) is 45.3. The molecule has 3 N–H and O–H groups in total. The van der Waals surface area contributed by atoms with Crippen LogP contribution in [-0.4, -0.2) is 102 Å². The van der Waals surface area contributed by atoms with Crippen molar-refractivity contribution in [3.8, 4) is 11.5 Å². The van der Waals surface area contributed by atoms with Gasteiger partial charge in [0.15, 0.2) is 0 Å². The number of hydrazine groups is 1. The van der Waals surface area contributed by atoms with Crippen LogP contribution in [-0.2, 0) is 46.2 Å². The summed E-state index contributed by atoms with van der Waals surface area (Å²) in [6, 6.07) is 11.8. The molecule has 1 saturated heterocycles. The molecule has 3 rings (SSSR count). The van der Waals surface area contributed by atoms with Crippen molar-refractivity contribution in [1.82, 2.24) is 21.1 Å². The van der Waals surface area contributed by atoms with Crippen LogP contribution in [0.2, 0.25) is 18.1 Å². The minimum Gasteiger partial charge on any atom is -0.543 e. The maximum absolute atomic E-state index is 14.6. The van der Waals surface area contributed by atoms with E-state index in [1.54, 1.807) is 58.6 Å². The van der Waals surface area contributed by atoms with Gasteiger partial charge in [-0.05, 0) is 72.8 Å². The summed E-state index contributed by atoms with van der Waals surface area (Å²) in [6.45, 7) is 22.4. The molecule has 2 aromatic rings. The first-order valence-corrected chi connectivity index (χ1v) is 24.0. The first-order valence-electron chi connectivity index (χ1n) is 21.1. The highest BCUT2D eigenvalue weighted by Crippen LogP contribution is 2.37. The predicted molar refractivity (Wildman–Crippen MR) is 241 cm³/mol. The summed E-state index contributed by atoms with van der Waals surface area (Å²) in [4.78, 5) is 56.3. The van der Waals surface area contributed by atoms with Crippen LogP contribution in [0, 0.1) is 11.8 Å². The summed E-state index contributed by atoms with van der Waals surface area (Å²) >= 11 is 0. The molecule has 0 bridgehead atoms. The van der Waals surface area contributed by atoms with Crippen molar-refractivity contribution in [3.63, 3.8) is 0 Å². The van der Waals surface area contributed by atoms with E-state index in [-0.39, 0.29) is 36.5 Å². The molecule has 0 saturated carbocycles. The number of carbonyl (C=O) groups excluding carboxylic acids is 4. The van der Waals surface area contributed by atoms with Crippen LogP contribution in [0.5, 0.6) is 11.5 Å². The maximum atomic E-state index is 14.6. The molecular weight excluding hydrogens is 793 g/mol. The first kappa shape index (κ1) is 50.6. The van der Waals surface area contributed by atoms with E-state index in [1.165, 1.54) is 5.01 Å².